The molecule has 0 aromatic carbocycles. The van der Waals surface area contributed by atoms with Crippen LogP contribution >= 0.6 is 31.3 Å². The largest absolute Gasteiger partial charge is 5.00 e. The van der Waals surface area contributed by atoms with E-state index in [0.717, 1.165) is 0 Å². The smallest absolute Gasteiger partial charge is 0.822 e. The van der Waals surface area contributed by atoms with E-state index in [1.807, 2.05) is 0 Å². The third-order valence-electron chi connectivity index (χ3n) is 0. The number of phosphoric acid groups is 4. The number of hydrogen-bond acceptors (Lipinski definition) is 13. The molecule has 0 saturated carbocycles. The van der Waals surface area contributed by atoms with Crippen molar-refractivity contribution in [2.75, 3.05) is 0 Å². The molecule has 0 atom stereocenters. The Balaban J connectivity index is -0.0000000225. The van der Waals surface area contributed by atoms with Crippen molar-refractivity contribution in [2.24, 2.45) is 0 Å². The van der Waals surface area contributed by atoms with Crippen LogP contribution in [0.2, 0.25) is 0 Å². The summed E-state index contributed by atoms with van der Waals surface area (Å²) in [5.41, 5.74) is 0. The number of rotatable bonds is 0. The van der Waals surface area contributed by atoms with E-state index in [-0.39, 0.29) is 73.3 Å². The minimum Gasteiger partial charge on any atom is -0.822 e. The maximum atomic E-state index is 8.88. The molecule has 0 aliphatic rings. The van der Waals surface area contributed by atoms with Crippen LogP contribution in [-0.2, 0) is 53.9 Å². The zero-order valence-electron chi connectivity index (χ0n) is 11.2. The van der Waals surface area contributed by atoms with E-state index >= 15 is 0 Å². The Bertz CT molecular complexity index is 301. The Morgan fingerprint density at radius 3 is 0.500 bits per heavy atom. The van der Waals surface area contributed by atoms with Crippen molar-refractivity contribution in [3.05, 3.63) is 0 Å². The molecule has 16 nitrogen and oxygen atoms in total. The molecule has 0 rings (SSSR count). The molecule has 0 saturated heterocycles. The van der Waals surface area contributed by atoms with Crippen LogP contribution in [0.3, 0.4) is 0 Å². The Morgan fingerprint density at radius 1 is 0.500 bits per heavy atom. The zero-order chi connectivity index (χ0) is 18.0. The summed E-state index contributed by atoms with van der Waals surface area (Å²) in [4.78, 5) is 98.5. The van der Waals surface area contributed by atoms with Gasteiger partial charge in [0, 0.05) is 0 Å². The predicted molar refractivity (Wildman–Crippen MR) is 37.1 cm³/mol. The van der Waals surface area contributed by atoms with E-state index in [2.05, 4.69) is 0 Å². The summed E-state index contributed by atoms with van der Waals surface area (Å²) in [6.45, 7) is 0. The van der Waals surface area contributed by atoms with Crippen molar-refractivity contribution < 1.29 is 150 Å². The predicted octanol–water partition coefficient (Wildman–Crippen LogP) is -15.4. The third-order valence-corrected chi connectivity index (χ3v) is 0. The molecule has 0 aromatic rings. The van der Waals surface area contributed by atoms with Crippen LogP contribution in [0.4, 0.5) is 0 Å². The van der Waals surface area contributed by atoms with Crippen LogP contribution in [0.15, 0.2) is 0 Å². The van der Waals surface area contributed by atoms with E-state index in [4.69, 9.17) is 77.0 Å². The zero-order valence-corrected chi connectivity index (χ0v) is 17.3. The average Bonchev–Trinajstić information content (AvgIpc) is 1.62. The van der Waals surface area contributed by atoms with Crippen LogP contribution in [0, 0.1) is 0 Å². The standard InChI is InChI=1S/Fe.2Li.4H3O4P.V/c;;;4*1-5(2,3)4;/h;;;4*(H3,1,2,3,4);/q+2;2*+1;;;;;+5/p-9. The molecule has 3 N–H and O–H groups in total. The summed E-state index contributed by atoms with van der Waals surface area (Å²) in [6, 6.07) is 0. The van der Waals surface area contributed by atoms with Crippen LogP contribution < -0.4 is 81.8 Å². The van der Waals surface area contributed by atoms with Crippen LogP contribution in [0.1, 0.15) is 0 Å². The second-order valence-electron chi connectivity index (χ2n) is 1.85. The van der Waals surface area contributed by atoms with Crippen LogP contribution in [0.5, 0.6) is 0 Å². The van der Waals surface area contributed by atoms with Crippen LogP contribution in [-0.4, -0.2) is 14.7 Å². The van der Waals surface area contributed by atoms with Gasteiger partial charge in [-0.3, -0.25) is 0 Å². The van der Waals surface area contributed by atoms with Gasteiger partial charge in [-0.25, -0.2) is 4.57 Å². The van der Waals surface area contributed by atoms with Gasteiger partial charge in [0.15, 0.2) is 0 Å². The molecule has 134 valence electrons. The Kier molecular flexibility index (Phi) is 46.3. The Hall–Kier alpha value is 2.74. The molecular weight excluding hydrogens is 501 g/mol. The van der Waals surface area contributed by atoms with E-state index in [1.165, 1.54) is 0 Å². The Morgan fingerprint density at radius 2 is 0.500 bits per heavy atom. The topological polar surface area (TPSA) is 337 Å². The first-order chi connectivity index (χ1) is 8.00. The van der Waals surface area contributed by atoms with Crippen molar-refractivity contribution in [3.8, 4) is 0 Å². The quantitative estimate of drug-likeness (QED) is 0.204. The fourth-order valence-corrected chi connectivity index (χ4v) is 0. The molecule has 0 spiro atoms. The molecule has 0 fully saturated rings. The normalized spacial score (nSPS) is 9.83. The van der Waals surface area contributed by atoms with E-state index in [0.29, 0.717) is 0 Å². The molecule has 24 heavy (non-hydrogen) atoms. The van der Waals surface area contributed by atoms with Gasteiger partial charge < -0.3 is 72.4 Å². The summed E-state index contributed by atoms with van der Waals surface area (Å²) in [5.74, 6) is 0. The molecular formula is H3FeLi2O16P4V. The molecule has 0 aliphatic carbocycles. The first-order valence-corrected chi connectivity index (χ1v) is 8.92. The van der Waals surface area contributed by atoms with E-state index in [1.54, 1.807) is 0 Å². The summed E-state index contributed by atoms with van der Waals surface area (Å²) in [7, 11) is -20.8. The molecule has 0 bridgehead atoms. The van der Waals surface area contributed by atoms with Gasteiger partial charge in [0.2, 0.25) is 0 Å². The third kappa shape index (κ3) is 1860. The van der Waals surface area contributed by atoms with Gasteiger partial charge in [0.25, 0.3) is 0 Å². The average molecular weight is 504 g/mol. The second-order valence-corrected chi connectivity index (χ2v) is 5.56. The molecule has 0 radical (unpaired) electrons. The summed E-state index contributed by atoms with van der Waals surface area (Å²) < 4.78 is 34.5. The van der Waals surface area contributed by atoms with Crippen molar-refractivity contribution in [2.45, 2.75) is 0 Å². The van der Waals surface area contributed by atoms with Gasteiger partial charge >= 0.3 is 81.2 Å². The van der Waals surface area contributed by atoms with Crippen molar-refractivity contribution >= 4 is 31.3 Å². The van der Waals surface area contributed by atoms with Gasteiger partial charge in [0.1, 0.15) is 0 Å². The van der Waals surface area contributed by atoms with Crippen LogP contribution in [0.25, 0.3) is 0 Å². The summed E-state index contributed by atoms with van der Waals surface area (Å²) in [5, 5.41) is 0. The van der Waals surface area contributed by atoms with Gasteiger partial charge in [-0.05, 0) is 0 Å². The minimum atomic E-state index is -5.39. The fourth-order valence-electron chi connectivity index (χ4n) is 0. The van der Waals surface area contributed by atoms with Gasteiger partial charge in [-0.15, -0.1) is 0 Å². The molecule has 0 heterocycles. The van der Waals surface area contributed by atoms with Crippen molar-refractivity contribution in [3.63, 3.8) is 0 Å². The monoisotopic (exact) mass is 504 g/mol. The Labute approximate surface area is 180 Å². The molecule has 0 aromatic heterocycles. The first-order valence-electron chi connectivity index (χ1n) is 2.97. The van der Waals surface area contributed by atoms with E-state index < -0.39 is 31.3 Å². The van der Waals surface area contributed by atoms with Gasteiger partial charge in [0.05, 0.1) is 0 Å². The molecule has 24 heteroatoms. The fraction of sp³-hybridized carbons (Fsp3) is 0. The number of hydrogen-bond donors (Lipinski definition) is 3. The minimum absolute atomic E-state index is 0. The summed E-state index contributed by atoms with van der Waals surface area (Å²) >= 11 is 0. The van der Waals surface area contributed by atoms with Gasteiger partial charge in [-0.1, -0.05) is 0 Å². The SMILES string of the molecule is O=P(O)(O)O.O=P([O-])([O-])[O-].O=P([O-])([O-])[O-].O=P([O-])([O-])[O-].[Fe+2].[Li+].[Li+].[V+5]. The van der Waals surface area contributed by atoms with Gasteiger partial charge in [-0.2, -0.15) is 23.5 Å². The van der Waals surface area contributed by atoms with Crippen molar-refractivity contribution in [1.82, 2.24) is 0 Å². The second kappa shape index (κ2) is 22.0. The maximum Gasteiger partial charge on any atom is 5.00 e. The summed E-state index contributed by atoms with van der Waals surface area (Å²) in [6.07, 6.45) is 0. The molecule has 0 amide bonds. The maximum absolute atomic E-state index is 8.88. The molecule has 0 aliphatic heterocycles. The molecule has 0 unspecified atom stereocenters. The van der Waals surface area contributed by atoms with E-state index in [9.17, 15) is 0 Å². The first kappa shape index (κ1) is 50.4. The van der Waals surface area contributed by atoms with Crippen molar-refractivity contribution in [1.29, 1.82) is 0 Å².